The average molecular weight is 473 g/mol. The van der Waals surface area contributed by atoms with Gasteiger partial charge in [-0.05, 0) is 44.0 Å². The smallest absolute Gasteiger partial charge is 0.275 e. The number of carbonyl (C=O) groups excluding carboxylic acids is 1. The van der Waals surface area contributed by atoms with E-state index in [1.54, 1.807) is 0 Å². The zero-order valence-corrected chi connectivity index (χ0v) is 18.8. The van der Waals surface area contributed by atoms with Gasteiger partial charge in [0.15, 0.2) is 5.69 Å². The Labute approximate surface area is 180 Å². The van der Waals surface area contributed by atoms with Crippen LogP contribution in [0, 0.1) is 0 Å². The van der Waals surface area contributed by atoms with E-state index < -0.39 is 30.9 Å². The summed E-state index contributed by atoms with van der Waals surface area (Å²) >= 11 is 5.93. The van der Waals surface area contributed by atoms with Gasteiger partial charge in [-0.1, -0.05) is 18.0 Å². The zero-order valence-electron chi connectivity index (χ0n) is 16.4. The van der Waals surface area contributed by atoms with E-state index in [2.05, 4.69) is 15.3 Å². The highest BCUT2D eigenvalue weighted by atomic mass is 35.5. The normalized spacial score (nSPS) is 18.2. The Morgan fingerprint density at radius 1 is 1.17 bits per heavy atom. The maximum Gasteiger partial charge on any atom is 0.275 e. The number of sulfonamides is 1. The van der Waals surface area contributed by atoms with E-state index in [9.17, 15) is 21.6 Å². The number of nitrogens with zero attached hydrogens (tertiary/aromatic N) is 3. The number of rotatable bonds is 5. The molecule has 0 spiro atoms. The first-order chi connectivity index (χ1) is 14.0. The second-order valence-electron chi connectivity index (χ2n) is 7.06. The van der Waals surface area contributed by atoms with Crippen molar-refractivity contribution in [1.82, 2.24) is 14.3 Å². The number of sulfone groups is 1. The Balaban J connectivity index is 1.80. The Morgan fingerprint density at radius 3 is 2.43 bits per heavy atom. The predicted octanol–water partition coefficient (Wildman–Crippen LogP) is 2.35. The van der Waals surface area contributed by atoms with E-state index >= 15 is 0 Å². The fraction of sp³-hybridized carbons (Fsp3) is 0.389. The molecule has 162 valence electrons. The molecule has 1 aromatic heterocycles. The highest BCUT2D eigenvalue weighted by Crippen LogP contribution is 2.26. The minimum atomic E-state index is -3.72. The van der Waals surface area contributed by atoms with Crippen LogP contribution in [0.3, 0.4) is 0 Å². The SMILES string of the molecule is CC1CCCCN1S(=O)(=O)c1ccc(NC(=O)c2nc(S(C)(=O)=O)ncc2Cl)cc1. The third-order valence-corrected chi connectivity index (χ3v) is 7.89. The Hall–Kier alpha value is -2.08. The van der Waals surface area contributed by atoms with Gasteiger partial charge in [0.1, 0.15) is 0 Å². The summed E-state index contributed by atoms with van der Waals surface area (Å²) in [5.74, 6) is -0.743. The second-order valence-corrected chi connectivity index (χ2v) is 11.3. The molecule has 0 bridgehead atoms. The third-order valence-electron chi connectivity index (χ3n) is 4.73. The lowest BCUT2D eigenvalue weighted by molar-refractivity contribution is 0.102. The van der Waals surface area contributed by atoms with Crippen molar-refractivity contribution in [3.63, 3.8) is 0 Å². The average Bonchev–Trinajstić information content (AvgIpc) is 2.68. The first kappa shape index (κ1) is 22.6. The molecule has 1 saturated heterocycles. The van der Waals surface area contributed by atoms with Crippen LogP contribution < -0.4 is 5.32 Å². The molecule has 3 rings (SSSR count). The minimum Gasteiger partial charge on any atom is -0.321 e. The van der Waals surface area contributed by atoms with Gasteiger partial charge in [0.2, 0.25) is 25.0 Å². The maximum absolute atomic E-state index is 12.9. The molecule has 1 aromatic carbocycles. The number of halogens is 1. The first-order valence-electron chi connectivity index (χ1n) is 9.16. The lowest BCUT2D eigenvalue weighted by Crippen LogP contribution is -2.41. The largest absolute Gasteiger partial charge is 0.321 e. The van der Waals surface area contributed by atoms with E-state index in [1.165, 1.54) is 28.6 Å². The van der Waals surface area contributed by atoms with Crippen LogP contribution in [0.1, 0.15) is 36.7 Å². The van der Waals surface area contributed by atoms with Crippen molar-refractivity contribution in [3.05, 3.63) is 41.2 Å². The van der Waals surface area contributed by atoms with Crippen LogP contribution in [0.15, 0.2) is 40.5 Å². The first-order valence-corrected chi connectivity index (χ1v) is 12.9. The van der Waals surface area contributed by atoms with Gasteiger partial charge < -0.3 is 5.32 Å². The van der Waals surface area contributed by atoms with E-state index in [4.69, 9.17) is 11.6 Å². The summed E-state index contributed by atoms with van der Waals surface area (Å²) in [6.45, 7) is 2.37. The van der Waals surface area contributed by atoms with E-state index in [1.807, 2.05) is 6.92 Å². The molecular formula is C18H21ClN4O5S2. The van der Waals surface area contributed by atoms with Gasteiger partial charge in [0, 0.05) is 24.5 Å². The molecular weight excluding hydrogens is 452 g/mol. The molecule has 0 aliphatic carbocycles. The molecule has 1 fully saturated rings. The molecule has 1 amide bonds. The van der Waals surface area contributed by atoms with Gasteiger partial charge in [0.05, 0.1) is 16.1 Å². The minimum absolute atomic E-state index is 0.0629. The number of benzene rings is 1. The Kier molecular flexibility index (Phi) is 6.46. The number of piperidine rings is 1. The summed E-state index contributed by atoms with van der Waals surface area (Å²) in [5.41, 5.74) is 0.00663. The van der Waals surface area contributed by atoms with Crippen LogP contribution >= 0.6 is 11.6 Å². The molecule has 9 nitrogen and oxygen atoms in total. The van der Waals surface area contributed by atoms with Crippen molar-refractivity contribution < 1.29 is 21.6 Å². The monoisotopic (exact) mass is 472 g/mol. The van der Waals surface area contributed by atoms with Crippen LogP contribution in [0.25, 0.3) is 0 Å². The highest BCUT2D eigenvalue weighted by molar-refractivity contribution is 7.90. The Bertz CT molecular complexity index is 1170. The maximum atomic E-state index is 12.9. The van der Waals surface area contributed by atoms with Crippen molar-refractivity contribution in [2.45, 2.75) is 42.3 Å². The number of aromatic nitrogens is 2. The topological polar surface area (TPSA) is 126 Å². The van der Waals surface area contributed by atoms with Crippen LogP contribution in [-0.2, 0) is 19.9 Å². The molecule has 0 radical (unpaired) electrons. The van der Waals surface area contributed by atoms with Crippen LogP contribution in [0.5, 0.6) is 0 Å². The molecule has 12 heteroatoms. The molecule has 1 unspecified atom stereocenters. The number of amides is 1. The van der Waals surface area contributed by atoms with Crippen molar-refractivity contribution >= 4 is 43.1 Å². The van der Waals surface area contributed by atoms with Crippen LogP contribution in [0.4, 0.5) is 5.69 Å². The highest BCUT2D eigenvalue weighted by Gasteiger charge is 2.30. The molecule has 1 atom stereocenters. The second kappa shape index (κ2) is 8.58. The summed E-state index contributed by atoms with van der Waals surface area (Å²) in [5, 5.41) is 1.90. The quantitative estimate of drug-likeness (QED) is 0.661. The predicted molar refractivity (Wildman–Crippen MR) is 112 cm³/mol. The van der Waals surface area contributed by atoms with Gasteiger partial charge in [0.25, 0.3) is 5.91 Å². The summed E-state index contributed by atoms with van der Waals surface area (Å²) < 4.78 is 50.5. The number of carbonyl (C=O) groups is 1. The molecule has 1 aliphatic heterocycles. The van der Waals surface area contributed by atoms with Crippen molar-refractivity contribution in [2.75, 3.05) is 18.1 Å². The van der Waals surface area contributed by atoms with E-state index in [0.717, 1.165) is 31.7 Å². The van der Waals surface area contributed by atoms with Gasteiger partial charge in [-0.3, -0.25) is 4.79 Å². The summed E-state index contributed by atoms with van der Waals surface area (Å²) in [4.78, 5) is 19.9. The number of anilines is 1. The molecule has 2 heterocycles. The summed E-state index contributed by atoms with van der Waals surface area (Å²) in [6.07, 6.45) is 4.61. The molecule has 0 saturated carbocycles. The number of hydrogen-bond acceptors (Lipinski definition) is 7. The lowest BCUT2D eigenvalue weighted by atomic mass is 10.1. The molecule has 1 aliphatic rings. The summed E-state index contributed by atoms with van der Waals surface area (Å²) in [7, 11) is -7.34. The van der Waals surface area contributed by atoms with E-state index in [0.29, 0.717) is 12.2 Å². The zero-order chi connectivity index (χ0) is 22.1. The van der Waals surface area contributed by atoms with Crippen LogP contribution in [0.2, 0.25) is 5.02 Å². The Morgan fingerprint density at radius 2 is 1.83 bits per heavy atom. The molecule has 1 N–H and O–H groups in total. The fourth-order valence-corrected chi connectivity index (χ4v) is 5.53. The van der Waals surface area contributed by atoms with Crippen molar-refractivity contribution in [1.29, 1.82) is 0 Å². The molecule has 2 aromatic rings. The van der Waals surface area contributed by atoms with Gasteiger partial charge in [-0.15, -0.1) is 0 Å². The molecule has 30 heavy (non-hydrogen) atoms. The van der Waals surface area contributed by atoms with Crippen molar-refractivity contribution in [3.8, 4) is 0 Å². The summed E-state index contributed by atoms with van der Waals surface area (Å²) in [6, 6.07) is 5.66. The van der Waals surface area contributed by atoms with E-state index in [-0.39, 0.29) is 21.7 Å². The van der Waals surface area contributed by atoms with Gasteiger partial charge in [-0.2, -0.15) is 4.31 Å². The van der Waals surface area contributed by atoms with Crippen LogP contribution in [-0.4, -0.2) is 55.9 Å². The van der Waals surface area contributed by atoms with Crippen molar-refractivity contribution in [2.24, 2.45) is 0 Å². The lowest BCUT2D eigenvalue weighted by Gasteiger charge is -2.32. The van der Waals surface area contributed by atoms with Gasteiger partial charge >= 0.3 is 0 Å². The fourth-order valence-electron chi connectivity index (χ4n) is 3.15. The third kappa shape index (κ3) is 4.80. The number of hydrogen-bond donors (Lipinski definition) is 1. The van der Waals surface area contributed by atoms with Gasteiger partial charge in [-0.25, -0.2) is 26.8 Å². The number of nitrogens with one attached hydrogen (secondary N) is 1. The standard InChI is InChI=1S/C18H21ClN4O5S2/c1-12-5-3-4-10-23(12)30(27,28)14-8-6-13(7-9-14)21-17(24)16-15(19)11-20-18(22-16)29(2,25)26/h6-9,11-12H,3-5,10H2,1-2H3,(H,21,24).